The number of amides is 1. The van der Waals surface area contributed by atoms with E-state index in [0.29, 0.717) is 113 Å². The number of nitrogens with one attached hydrogen (secondary N) is 4. The number of nitrogens with zero attached hydrogens (tertiary/aromatic N) is 9. The molecule has 7 N–H and O–H groups in total. The fourth-order valence-corrected chi connectivity index (χ4v) is 6.88. The van der Waals surface area contributed by atoms with Crippen molar-refractivity contribution in [2.24, 2.45) is 0 Å². The van der Waals surface area contributed by atoms with Crippen molar-refractivity contribution < 1.29 is 43.6 Å². The van der Waals surface area contributed by atoms with E-state index in [1.54, 1.807) is 32.1 Å². The fraction of sp³-hybridized carbons (Fsp3) is 0.684. The summed E-state index contributed by atoms with van der Waals surface area (Å²) in [6.45, 7) is 9.67. The summed E-state index contributed by atoms with van der Waals surface area (Å²) in [6.07, 6.45) is 5.00. The van der Waals surface area contributed by atoms with Crippen molar-refractivity contribution >= 4 is 52.6 Å². The Balaban J connectivity index is 1.29. The number of unbranched alkanes of at least 4 members (excludes halogenated alkanes) is 2. The fourth-order valence-electron chi connectivity index (χ4n) is 6.88. The normalized spacial score (nSPS) is 18.4. The summed E-state index contributed by atoms with van der Waals surface area (Å²) in [7, 11) is 1.40. The van der Waals surface area contributed by atoms with Crippen LogP contribution in [0.15, 0.2) is 18.2 Å². The van der Waals surface area contributed by atoms with Gasteiger partial charge in [0.2, 0.25) is 17.8 Å². The number of methoxy groups -OCH3 is 1. The molecule has 0 radical (unpaired) electrons. The molecule has 0 bridgehead atoms. The highest BCUT2D eigenvalue weighted by Gasteiger charge is 2.28. The van der Waals surface area contributed by atoms with Crippen LogP contribution in [0.1, 0.15) is 46.5 Å². The van der Waals surface area contributed by atoms with Crippen molar-refractivity contribution in [3.05, 3.63) is 18.2 Å². The molecule has 2 saturated heterocycles. The van der Waals surface area contributed by atoms with Crippen LogP contribution >= 0.6 is 0 Å². The maximum Gasteiger partial charge on any atom is 0.317 e. The van der Waals surface area contributed by atoms with Gasteiger partial charge in [0.15, 0.2) is 17.0 Å². The van der Waals surface area contributed by atoms with E-state index in [1.165, 1.54) is 7.11 Å². The Morgan fingerprint density at radius 2 is 1.37 bits per heavy atom. The van der Waals surface area contributed by atoms with Gasteiger partial charge in [0, 0.05) is 83.7 Å². The van der Waals surface area contributed by atoms with Crippen LogP contribution in [0.2, 0.25) is 0 Å². The third-order valence-electron chi connectivity index (χ3n) is 10.2. The molecular weight excluding hydrogens is 785 g/mol. The molecule has 2 aliphatic heterocycles. The highest BCUT2D eigenvalue weighted by molar-refractivity contribution is 5.96. The van der Waals surface area contributed by atoms with Gasteiger partial charge in [0.05, 0.1) is 46.2 Å². The van der Waals surface area contributed by atoms with Crippen molar-refractivity contribution in [2.45, 2.75) is 58.2 Å². The Morgan fingerprint density at radius 1 is 0.833 bits per heavy atom. The van der Waals surface area contributed by atoms with Crippen LogP contribution in [-0.4, -0.2) is 202 Å². The third-order valence-corrected chi connectivity index (χ3v) is 10.2. The molecule has 2 aromatic rings. The van der Waals surface area contributed by atoms with E-state index >= 15 is 0 Å². The lowest BCUT2D eigenvalue weighted by Crippen LogP contribution is -2.49. The minimum atomic E-state index is -1.02. The van der Waals surface area contributed by atoms with Crippen LogP contribution in [0.5, 0.6) is 0 Å². The van der Waals surface area contributed by atoms with Crippen LogP contribution in [-0.2, 0) is 29.5 Å². The molecule has 1 atom stereocenters. The van der Waals surface area contributed by atoms with Crippen molar-refractivity contribution in [1.82, 2.24) is 49.8 Å². The average molecular weight is 848 g/mol. The standard InChI is InChI=1S/C38H62FN13O8/c1-38(2,3)52-26-43-33-35(45-37(46-36(33)52)51-11-8-27(39)21-51)44-28(34(40)60-4)20-41-9-6-5-7-10-42-29(53)22-47-12-14-48(23-30(54)55)16-18-50(25-32(58)59)19-17-49(15-13-47)24-31(56)57/h20,26-27,40-41H,5-19,21-25H2,1-4H3,(H,42,53)(H,54,55)(H,56,57)(H,58,59)(H,44,45,46)/b28-20+,40-34?/t27-/m0/s1. The lowest BCUT2D eigenvalue weighted by molar-refractivity contribution is -0.140. The number of hydrogen-bond donors (Lipinski definition) is 7. The van der Waals surface area contributed by atoms with E-state index in [1.807, 2.05) is 30.2 Å². The number of carbonyl (C=O) groups is 4. The molecule has 2 fully saturated rings. The minimum Gasteiger partial charge on any atom is -0.480 e. The monoisotopic (exact) mass is 847 g/mol. The van der Waals surface area contributed by atoms with Crippen LogP contribution in [0.3, 0.4) is 0 Å². The van der Waals surface area contributed by atoms with Gasteiger partial charge < -0.3 is 45.5 Å². The maximum atomic E-state index is 14.2. The van der Waals surface area contributed by atoms with Gasteiger partial charge in [-0.1, -0.05) is 0 Å². The number of alkyl halides is 1. The number of fused-ring (bicyclic) bond motifs is 1. The maximum absolute atomic E-state index is 14.2. The van der Waals surface area contributed by atoms with Crippen molar-refractivity contribution in [2.75, 3.05) is 122 Å². The topological polar surface area (TPSA) is 258 Å². The molecular formula is C38H62FN13O8. The Labute approximate surface area is 349 Å². The molecule has 22 heteroatoms. The number of carbonyl (C=O) groups excluding carboxylic acids is 1. The first kappa shape index (κ1) is 47.5. The molecule has 60 heavy (non-hydrogen) atoms. The van der Waals surface area contributed by atoms with E-state index in [4.69, 9.17) is 20.1 Å². The van der Waals surface area contributed by atoms with Crippen LogP contribution in [0.25, 0.3) is 11.2 Å². The second-order valence-electron chi connectivity index (χ2n) is 16.0. The SMILES string of the molecule is COC(=N)/C(=C\NCCCCCNC(=O)CN1CCN(CC(=O)O)CCN(CC(=O)O)CCN(CC(=O)O)CC1)Nc1nc(N2CC[C@H](F)C2)nc2c1ncn2C(C)(C)C. The number of imidazole rings is 1. The number of rotatable bonds is 19. The molecule has 0 unspecified atom stereocenters. The summed E-state index contributed by atoms with van der Waals surface area (Å²) in [4.78, 5) is 70.4. The first-order valence-corrected chi connectivity index (χ1v) is 20.3. The molecule has 21 nitrogen and oxygen atoms in total. The zero-order chi connectivity index (χ0) is 43.8. The van der Waals surface area contributed by atoms with E-state index in [-0.39, 0.29) is 50.1 Å². The van der Waals surface area contributed by atoms with Gasteiger partial charge in [0.25, 0.3) is 0 Å². The minimum absolute atomic E-state index is 0.0472. The second-order valence-corrected chi connectivity index (χ2v) is 16.0. The average Bonchev–Trinajstić information content (AvgIpc) is 3.82. The summed E-state index contributed by atoms with van der Waals surface area (Å²) in [5.74, 6) is -2.66. The van der Waals surface area contributed by atoms with Crippen LogP contribution in [0, 0.1) is 5.41 Å². The molecule has 0 saturated carbocycles. The number of ether oxygens (including phenoxy) is 1. The molecule has 0 spiro atoms. The highest BCUT2D eigenvalue weighted by Crippen LogP contribution is 2.29. The molecule has 2 aromatic heterocycles. The second kappa shape index (κ2) is 23.0. The van der Waals surface area contributed by atoms with E-state index in [9.17, 15) is 38.9 Å². The van der Waals surface area contributed by atoms with Gasteiger partial charge in [-0.2, -0.15) is 9.97 Å². The zero-order valence-electron chi connectivity index (χ0n) is 35.2. The number of aromatic nitrogens is 4. The summed E-state index contributed by atoms with van der Waals surface area (Å²) in [5.41, 5.74) is 1.05. The molecule has 2 aliphatic rings. The Morgan fingerprint density at radius 3 is 1.85 bits per heavy atom. The Kier molecular flexibility index (Phi) is 18.2. The third kappa shape index (κ3) is 15.4. The first-order chi connectivity index (χ1) is 28.5. The Hall–Kier alpha value is -5.19. The molecule has 4 heterocycles. The summed E-state index contributed by atoms with van der Waals surface area (Å²) < 4.78 is 21.3. The number of anilines is 2. The van der Waals surface area contributed by atoms with Gasteiger partial charge in [-0.05, 0) is 46.5 Å². The number of halogens is 1. The van der Waals surface area contributed by atoms with Gasteiger partial charge in [-0.15, -0.1) is 0 Å². The predicted molar refractivity (Wildman–Crippen MR) is 222 cm³/mol. The largest absolute Gasteiger partial charge is 0.480 e. The zero-order valence-corrected chi connectivity index (χ0v) is 35.2. The Bertz CT molecular complexity index is 1770. The van der Waals surface area contributed by atoms with Gasteiger partial charge in [-0.25, -0.2) is 9.37 Å². The number of carboxylic acids is 3. The van der Waals surface area contributed by atoms with E-state index in [0.717, 1.165) is 12.8 Å². The number of aliphatic carboxylic acids is 3. The van der Waals surface area contributed by atoms with Gasteiger partial charge in [0.1, 0.15) is 11.9 Å². The van der Waals surface area contributed by atoms with Gasteiger partial charge >= 0.3 is 17.9 Å². The predicted octanol–water partition coefficient (Wildman–Crippen LogP) is 0.358. The van der Waals surface area contributed by atoms with Crippen LogP contribution in [0.4, 0.5) is 16.2 Å². The molecule has 0 aliphatic carbocycles. The van der Waals surface area contributed by atoms with Crippen molar-refractivity contribution in [1.29, 1.82) is 5.41 Å². The lowest BCUT2D eigenvalue weighted by Gasteiger charge is -2.32. The molecule has 4 rings (SSSR count). The first-order valence-electron chi connectivity index (χ1n) is 20.3. The summed E-state index contributed by atoms with van der Waals surface area (Å²) in [5, 5.41) is 46.1. The summed E-state index contributed by atoms with van der Waals surface area (Å²) >= 11 is 0. The number of carboxylic acid groups (broad SMARTS) is 3. The van der Waals surface area contributed by atoms with Gasteiger partial charge in [-0.3, -0.25) is 44.2 Å². The van der Waals surface area contributed by atoms with Crippen molar-refractivity contribution in [3.8, 4) is 0 Å². The van der Waals surface area contributed by atoms with E-state index < -0.39 is 24.1 Å². The number of hydrogen-bond acceptors (Lipinski definition) is 16. The van der Waals surface area contributed by atoms with E-state index in [2.05, 4.69) is 20.9 Å². The smallest absolute Gasteiger partial charge is 0.317 e. The molecule has 1 amide bonds. The van der Waals surface area contributed by atoms with Crippen LogP contribution < -0.4 is 20.9 Å². The quantitative estimate of drug-likeness (QED) is 0.0572. The molecule has 0 aromatic carbocycles. The van der Waals surface area contributed by atoms with Crippen molar-refractivity contribution in [3.63, 3.8) is 0 Å². The summed E-state index contributed by atoms with van der Waals surface area (Å²) in [6, 6.07) is 0. The lowest BCUT2D eigenvalue weighted by atomic mass is 10.1. The highest BCUT2D eigenvalue weighted by atomic mass is 19.1. The molecule has 334 valence electrons.